The second-order valence-corrected chi connectivity index (χ2v) is 4.32. The third-order valence-corrected chi connectivity index (χ3v) is 2.83. The number of hydrogen-bond acceptors (Lipinski definition) is 5. The van der Waals surface area contributed by atoms with E-state index in [0.29, 0.717) is 18.1 Å². The maximum absolute atomic E-state index is 10.7. The minimum Gasteiger partial charge on any atom is -0.490 e. The number of rotatable bonds is 6. The van der Waals surface area contributed by atoms with E-state index in [4.69, 9.17) is 15.2 Å². The number of ether oxygens (including phenoxy) is 2. The van der Waals surface area contributed by atoms with Crippen LogP contribution in [-0.4, -0.2) is 11.5 Å². The summed E-state index contributed by atoms with van der Waals surface area (Å²) in [5.74, 6) is 1.28. The summed E-state index contributed by atoms with van der Waals surface area (Å²) in [7, 11) is 0. The number of hydrogen-bond donors (Lipinski definition) is 1. The Kier molecular flexibility index (Phi) is 4.61. The molecule has 110 valence electrons. The molecule has 0 aliphatic rings. The van der Waals surface area contributed by atoms with Crippen LogP contribution >= 0.6 is 0 Å². The van der Waals surface area contributed by atoms with Crippen LogP contribution in [0.25, 0.3) is 0 Å². The Labute approximate surface area is 122 Å². The molecule has 0 amide bonds. The molecule has 6 heteroatoms. The summed E-state index contributed by atoms with van der Waals surface area (Å²) < 4.78 is 11.1. The maximum Gasteiger partial charge on any atom is 0.292 e. The molecule has 0 atom stereocenters. The van der Waals surface area contributed by atoms with Gasteiger partial charge in [-0.1, -0.05) is 12.1 Å². The van der Waals surface area contributed by atoms with E-state index in [1.165, 1.54) is 6.07 Å². The molecule has 2 aromatic carbocycles. The minimum atomic E-state index is -0.510. The molecule has 2 aromatic rings. The fourth-order valence-electron chi connectivity index (χ4n) is 1.87. The number of anilines is 1. The van der Waals surface area contributed by atoms with E-state index in [2.05, 4.69) is 0 Å². The number of nitrogens with zero attached hydrogens (tertiary/aromatic N) is 1. The Hall–Kier alpha value is -2.76. The van der Waals surface area contributed by atoms with Crippen LogP contribution in [-0.2, 0) is 6.61 Å². The fraction of sp³-hybridized carbons (Fsp3) is 0.200. The number of nitrogen functional groups attached to an aromatic ring is 1. The molecule has 2 rings (SSSR count). The van der Waals surface area contributed by atoms with Crippen molar-refractivity contribution >= 4 is 11.4 Å². The van der Waals surface area contributed by atoms with Crippen LogP contribution < -0.4 is 15.2 Å². The van der Waals surface area contributed by atoms with Gasteiger partial charge in [-0.05, 0) is 36.8 Å². The van der Waals surface area contributed by atoms with Gasteiger partial charge in [-0.25, -0.2) is 0 Å². The van der Waals surface area contributed by atoms with Gasteiger partial charge in [0.05, 0.1) is 11.5 Å². The smallest absolute Gasteiger partial charge is 0.292 e. The van der Waals surface area contributed by atoms with Gasteiger partial charge in [-0.15, -0.1) is 0 Å². The molecule has 21 heavy (non-hydrogen) atoms. The topological polar surface area (TPSA) is 87.6 Å². The number of nitrogens with two attached hydrogens (primary N) is 1. The summed E-state index contributed by atoms with van der Waals surface area (Å²) in [5, 5.41) is 10.7. The molecule has 2 N–H and O–H groups in total. The second-order valence-electron chi connectivity index (χ2n) is 4.32. The molecular weight excluding hydrogens is 272 g/mol. The van der Waals surface area contributed by atoms with Crippen LogP contribution in [0.3, 0.4) is 0 Å². The average Bonchev–Trinajstić information content (AvgIpc) is 2.46. The maximum atomic E-state index is 10.7. The Morgan fingerprint density at radius 1 is 1.14 bits per heavy atom. The normalized spacial score (nSPS) is 10.1. The summed E-state index contributed by atoms with van der Waals surface area (Å²) in [6.45, 7) is 2.70. The van der Waals surface area contributed by atoms with Gasteiger partial charge in [0.15, 0.2) is 11.5 Å². The lowest BCUT2D eigenvalue weighted by Crippen LogP contribution is -2.01. The fourth-order valence-corrected chi connectivity index (χ4v) is 1.87. The zero-order valence-corrected chi connectivity index (χ0v) is 11.6. The molecular formula is C15H16N2O4. The van der Waals surface area contributed by atoms with Gasteiger partial charge in [0.1, 0.15) is 12.3 Å². The lowest BCUT2D eigenvalue weighted by Gasteiger charge is -2.11. The van der Waals surface area contributed by atoms with E-state index in [0.717, 1.165) is 5.56 Å². The van der Waals surface area contributed by atoms with Crippen LogP contribution in [0.1, 0.15) is 12.5 Å². The van der Waals surface area contributed by atoms with E-state index in [1.54, 1.807) is 18.2 Å². The largest absolute Gasteiger partial charge is 0.490 e. The van der Waals surface area contributed by atoms with Gasteiger partial charge < -0.3 is 15.2 Å². The van der Waals surface area contributed by atoms with Gasteiger partial charge in [-0.3, -0.25) is 10.1 Å². The molecule has 0 fully saturated rings. The van der Waals surface area contributed by atoms with E-state index >= 15 is 0 Å². The van der Waals surface area contributed by atoms with Gasteiger partial charge in [0, 0.05) is 6.07 Å². The zero-order chi connectivity index (χ0) is 15.2. The number of para-hydroxylation sites is 2. The Bertz CT molecular complexity index is 643. The van der Waals surface area contributed by atoms with Crippen LogP contribution in [0.4, 0.5) is 11.4 Å². The molecule has 0 saturated carbocycles. The van der Waals surface area contributed by atoms with E-state index in [-0.39, 0.29) is 18.0 Å². The predicted molar refractivity (Wildman–Crippen MR) is 79.5 cm³/mol. The quantitative estimate of drug-likeness (QED) is 0.501. The lowest BCUT2D eigenvalue weighted by atomic mass is 10.2. The van der Waals surface area contributed by atoms with Crippen molar-refractivity contribution < 1.29 is 14.4 Å². The first-order chi connectivity index (χ1) is 10.1. The van der Waals surface area contributed by atoms with Crippen molar-refractivity contribution in [1.82, 2.24) is 0 Å². The number of nitro groups is 1. The third-order valence-electron chi connectivity index (χ3n) is 2.83. The summed E-state index contributed by atoms with van der Waals surface area (Å²) in [4.78, 5) is 10.2. The van der Waals surface area contributed by atoms with Crippen LogP contribution in [0.5, 0.6) is 11.5 Å². The molecule has 6 nitrogen and oxygen atoms in total. The van der Waals surface area contributed by atoms with Crippen LogP contribution in [0, 0.1) is 10.1 Å². The van der Waals surface area contributed by atoms with Crippen molar-refractivity contribution in [3.05, 3.63) is 58.1 Å². The van der Waals surface area contributed by atoms with E-state index in [1.807, 2.05) is 25.1 Å². The molecule has 0 aliphatic heterocycles. The van der Waals surface area contributed by atoms with Crippen molar-refractivity contribution in [2.45, 2.75) is 13.5 Å². The van der Waals surface area contributed by atoms with Crippen LogP contribution in [0.15, 0.2) is 42.5 Å². The summed E-state index contributed by atoms with van der Waals surface area (Å²) in [6.07, 6.45) is 0. The first kappa shape index (κ1) is 14.6. The van der Waals surface area contributed by atoms with E-state index < -0.39 is 4.92 Å². The van der Waals surface area contributed by atoms with Crippen molar-refractivity contribution in [1.29, 1.82) is 0 Å². The van der Waals surface area contributed by atoms with Gasteiger partial charge in [-0.2, -0.15) is 0 Å². The summed E-state index contributed by atoms with van der Waals surface area (Å²) >= 11 is 0. The van der Waals surface area contributed by atoms with Gasteiger partial charge >= 0.3 is 0 Å². The highest BCUT2D eigenvalue weighted by Crippen LogP contribution is 2.28. The molecule has 0 radical (unpaired) electrons. The van der Waals surface area contributed by atoms with Crippen molar-refractivity contribution in [3.8, 4) is 11.5 Å². The highest BCUT2D eigenvalue weighted by Gasteiger charge is 2.11. The van der Waals surface area contributed by atoms with Gasteiger partial charge in [0.25, 0.3) is 5.69 Å². The Balaban J connectivity index is 2.10. The first-order valence-corrected chi connectivity index (χ1v) is 6.49. The monoisotopic (exact) mass is 288 g/mol. The average molecular weight is 288 g/mol. The molecule has 0 aliphatic carbocycles. The highest BCUT2D eigenvalue weighted by molar-refractivity contribution is 5.59. The molecule has 0 saturated heterocycles. The predicted octanol–water partition coefficient (Wildman–Crippen LogP) is 3.15. The lowest BCUT2D eigenvalue weighted by molar-refractivity contribution is -0.383. The molecule has 0 bridgehead atoms. The van der Waals surface area contributed by atoms with Gasteiger partial charge in [0.2, 0.25) is 0 Å². The summed E-state index contributed by atoms with van der Waals surface area (Å²) in [5.41, 5.74) is 6.42. The highest BCUT2D eigenvalue weighted by atomic mass is 16.6. The van der Waals surface area contributed by atoms with Crippen molar-refractivity contribution in [3.63, 3.8) is 0 Å². The second kappa shape index (κ2) is 6.60. The minimum absolute atomic E-state index is 0.103. The van der Waals surface area contributed by atoms with Crippen molar-refractivity contribution in [2.24, 2.45) is 0 Å². The number of nitro benzene ring substituents is 1. The number of benzene rings is 2. The molecule has 0 aromatic heterocycles. The van der Waals surface area contributed by atoms with E-state index in [9.17, 15) is 10.1 Å². The van der Waals surface area contributed by atoms with Crippen molar-refractivity contribution in [2.75, 3.05) is 12.3 Å². The molecule has 0 heterocycles. The molecule has 0 spiro atoms. The Morgan fingerprint density at radius 3 is 2.38 bits per heavy atom. The molecule has 0 unspecified atom stereocenters. The summed E-state index contributed by atoms with van der Waals surface area (Å²) in [6, 6.07) is 11.9. The third kappa shape index (κ3) is 3.62. The van der Waals surface area contributed by atoms with Crippen LogP contribution in [0.2, 0.25) is 0 Å². The zero-order valence-electron chi connectivity index (χ0n) is 11.6. The SMILES string of the molecule is CCOc1ccccc1OCc1ccc([N+](=O)[O-])c(N)c1. The Morgan fingerprint density at radius 2 is 1.81 bits per heavy atom. The standard InChI is InChI=1S/C15H16N2O4/c1-2-20-14-5-3-4-6-15(14)21-10-11-7-8-13(17(18)19)12(16)9-11/h3-9H,2,10,16H2,1H3. The first-order valence-electron chi connectivity index (χ1n) is 6.49.